The van der Waals surface area contributed by atoms with E-state index >= 15 is 0 Å². The molecule has 0 amide bonds. The van der Waals surface area contributed by atoms with Gasteiger partial charge in [-0.15, -0.1) is 23.1 Å². The minimum atomic E-state index is 0.901. The van der Waals surface area contributed by atoms with Crippen molar-refractivity contribution < 1.29 is 0 Å². The van der Waals surface area contributed by atoms with Crippen molar-refractivity contribution in [3.05, 3.63) is 47.0 Å². The molecule has 1 saturated heterocycles. The van der Waals surface area contributed by atoms with Crippen LogP contribution in [0.5, 0.6) is 0 Å². The largest absolute Gasteiger partial charge is 0.246 e. The van der Waals surface area contributed by atoms with Gasteiger partial charge in [-0.25, -0.2) is 4.31 Å². The summed E-state index contributed by atoms with van der Waals surface area (Å²) in [4.78, 5) is 0. The Morgan fingerprint density at radius 1 is 1.15 bits per heavy atom. The summed E-state index contributed by atoms with van der Waals surface area (Å²) < 4.78 is 4.98. The summed E-state index contributed by atoms with van der Waals surface area (Å²) >= 11 is 11.9. The second kappa shape index (κ2) is 7.23. The summed E-state index contributed by atoms with van der Waals surface area (Å²) in [6.07, 6.45) is 2.64. The van der Waals surface area contributed by atoms with E-state index in [2.05, 4.69) is 40.7 Å². The highest BCUT2D eigenvalue weighted by Crippen LogP contribution is 2.42. The van der Waals surface area contributed by atoms with Gasteiger partial charge in [0.25, 0.3) is 0 Å². The zero-order valence-electron chi connectivity index (χ0n) is 11.0. The zero-order valence-corrected chi connectivity index (χ0v) is 14.3. The average molecular weight is 342 g/mol. The van der Waals surface area contributed by atoms with Crippen LogP contribution in [0.15, 0.2) is 44.8 Å². The Labute approximate surface area is 137 Å². The van der Waals surface area contributed by atoms with E-state index < -0.39 is 0 Å². The predicted molar refractivity (Wildman–Crippen MR) is 92.0 cm³/mol. The van der Waals surface area contributed by atoms with Crippen LogP contribution >= 0.6 is 46.6 Å². The molecule has 1 nitrogen and oxygen atoms in total. The molecule has 0 spiro atoms. The molecule has 1 aromatic carbocycles. The quantitative estimate of drug-likeness (QED) is 0.500. The van der Waals surface area contributed by atoms with Gasteiger partial charge in [0.05, 0.1) is 13.4 Å². The molecular formula is C15H16ClNS3. The Bertz CT molecular complexity index is 550. The third kappa shape index (κ3) is 3.95. The average Bonchev–Trinajstić information content (AvgIpc) is 3.08. The Kier molecular flexibility index (Phi) is 5.35. The van der Waals surface area contributed by atoms with E-state index in [0.29, 0.717) is 0 Å². The van der Waals surface area contributed by atoms with E-state index in [-0.39, 0.29) is 0 Å². The highest BCUT2D eigenvalue weighted by molar-refractivity contribution is 8.02. The second-order valence-corrected chi connectivity index (χ2v) is 8.80. The Morgan fingerprint density at radius 2 is 1.90 bits per heavy atom. The van der Waals surface area contributed by atoms with Gasteiger partial charge in [-0.3, -0.25) is 0 Å². The van der Waals surface area contributed by atoms with Gasteiger partial charge in [0.15, 0.2) is 0 Å². The number of halogens is 1. The van der Waals surface area contributed by atoms with Crippen molar-refractivity contribution in [3.8, 4) is 0 Å². The topological polar surface area (TPSA) is 3.24 Å². The van der Waals surface area contributed by atoms with Gasteiger partial charge in [-0.1, -0.05) is 41.9 Å². The van der Waals surface area contributed by atoms with E-state index in [1.165, 1.54) is 39.9 Å². The van der Waals surface area contributed by atoms with E-state index in [4.69, 9.17) is 11.6 Å². The smallest absolute Gasteiger partial charge is 0.0801 e. The maximum atomic E-state index is 6.35. The van der Waals surface area contributed by atoms with Crippen LogP contribution < -0.4 is 0 Å². The van der Waals surface area contributed by atoms with Crippen molar-refractivity contribution in [3.63, 3.8) is 0 Å². The Balaban J connectivity index is 1.60. The molecule has 0 N–H and O–H groups in total. The second-order valence-electron chi connectivity index (χ2n) is 4.70. The van der Waals surface area contributed by atoms with E-state index in [0.717, 1.165) is 10.8 Å². The molecule has 20 heavy (non-hydrogen) atoms. The Morgan fingerprint density at radius 3 is 2.65 bits per heavy atom. The first-order chi connectivity index (χ1) is 9.81. The first-order valence-corrected chi connectivity index (χ1v) is 9.65. The molecule has 0 atom stereocenters. The lowest BCUT2D eigenvalue weighted by Gasteiger charge is -2.10. The van der Waals surface area contributed by atoms with Crippen molar-refractivity contribution in [2.75, 3.05) is 13.1 Å². The normalized spacial score (nSPS) is 15.8. The molecule has 0 radical (unpaired) electrons. The number of benzene rings is 1. The number of rotatable bonds is 5. The summed E-state index contributed by atoms with van der Waals surface area (Å²) in [5.74, 6) is 0.981. The number of hydrogen-bond acceptors (Lipinski definition) is 4. The predicted octanol–water partition coefficient (Wildman–Crippen LogP) is 5.80. The van der Waals surface area contributed by atoms with E-state index in [9.17, 15) is 0 Å². The highest BCUT2D eigenvalue weighted by atomic mass is 35.5. The minimum absolute atomic E-state index is 0.901. The maximum Gasteiger partial charge on any atom is 0.0801 e. The van der Waals surface area contributed by atoms with Crippen molar-refractivity contribution in [2.24, 2.45) is 0 Å². The first-order valence-electron chi connectivity index (χ1n) is 6.70. The van der Waals surface area contributed by atoms with Crippen molar-refractivity contribution in [1.82, 2.24) is 4.31 Å². The number of hydrogen-bond donors (Lipinski definition) is 0. The monoisotopic (exact) mass is 341 g/mol. The molecular weight excluding hydrogens is 326 g/mol. The van der Waals surface area contributed by atoms with Crippen LogP contribution in [0.25, 0.3) is 0 Å². The maximum absolute atomic E-state index is 6.35. The van der Waals surface area contributed by atoms with Crippen LogP contribution in [0, 0.1) is 0 Å². The van der Waals surface area contributed by atoms with Gasteiger partial charge >= 0.3 is 0 Å². The minimum Gasteiger partial charge on any atom is -0.246 e. The molecule has 5 heteroatoms. The van der Waals surface area contributed by atoms with Gasteiger partial charge in [-0.2, -0.15) is 0 Å². The summed E-state index contributed by atoms with van der Waals surface area (Å²) in [6.45, 7) is 2.40. The lowest BCUT2D eigenvalue weighted by atomic mass is 10.2. The lowest BCUT2D eigenvalue weighted by Crippen LogP contribution is -2.07. The SMILES string of the molecule is Clc1cc(SN2CCCC2)sc1SCc1ccccc1. The van der Waals surface area contributed by atoms with Crippen LogP contribution in [0.3, 0.4) is 0 Å². The first kappa shape index (κ1) is 14.8. The zero-order chi connectivity index (χ0) is 13.8. The fourth-order valence-corrected chi connectivity index (χ4v) is 6.25. The van der Waals surface area contributed by atoms with Gasteiger partial charge in [0.2, 0.25) is 0 Å². The van der Waals surface area contributed by atoms with Crippen molar-refractivity contribution in [1.29, 1.82) is 0 Å². The van der Waals surface area contributed by atoms with Crippen LogP contribution in [0.1, 0.15) is 18.4 Å². The molecule has 2 aromatic rings. The van der Waals surface area contributed by atoms with Crippen LogP contribution in [-0.4, -0.2) is 17.4 Å². The highest BCUT2D eigenvalue weighted by Gasteiger charge is 2.16. The summed E-state index contributed by atoms with van der Waals surface area (Å²) in [7, 11) is 0. The van der Waals surface area contributed by atoms with Crippen LogP contribution in [0.4, 0.5) is 0 Å². The lowest BCUT2D eigenvalue weighted by molar-refractivity contribution is 0.587. The molecule has 3 rings (SSSR count). The number of nitrogens with zero attached hydrogens (tertiary/aromatic N) is 1. The standard InChI is InChI=1S/C15H16ClNS3/c16-13-10-14(20-17-8-4-5-9-17)19-15(13)18-11-12-6-2-1-3-7-12/h1-3,6-7,10H,4-5,8-9,11H2. The molecule has 0 bridgehead atoms. The van der Waals surface area contributed by atoms with Crippen molar-refractivity contribution >= 4 is 46.6 Å². The molecule has 0 aliphatic carbocycles. The molecule has 1 aliphatic rings. The van der Waals surface area contributed by atoms with Gasteiger partial charge in [0.1, 0.15) is 0 Å². The fraction of sp³-hybridized carbons (Fsp3) is 0.333. The Hall–Kier alpha value is -0.130. The summed E-state index contributed by atoms with van der Waals surface area (Å²) in [6, 6.07) is 12.7. The number of thioether (sulfide) groups is 1. The molecule has 1 aromatic heterocycles. The van der Waals surface area contributed by atoms with E-state index in [1.807, 2.05) is 35.0 Å². The molecule has 106 valence electrons. The van der Waals surface area contributed by atoms with Gasteiger partial charge < -0.3 is 0 Å². The van der Waals surface area contributed by atoms with Gasteiger partial charge in [-0.05, 0) is 36.4 Å². The third-order valence-corrected chi connectivity index (χ3v) is 7.33. The molecule has 1 aliphatic heterocycles. The number of thiophene rings is 1. The summed E-state index contributed by atoms with van der Waals surface area (Å²) in [5, 5.41) is 0.901. The molecule has 0 saturated carbocycles. The van der Waals surface area contributed by atoms with E-state index in [1.54, 1.807) is 0 Å². The van der Waals surface area contributed by atoms with Gasteiger partial charge in [0, 0.05) is 18.8 Å². The summed E-state index contributed by atoms with van der Waals surface area (Å²) in [5.41, 5.74) is 1.34. The van der Waals surface area contributed by atoms with Crippen LogP contribution in [0.2, 0.25) is 5.02 Å². The molecule has 2 heterocycles. The molecule has 0 unspecified atom stereocenters. The van der Waals surface area contributed by atoms with Crippen LogP contribution in [-0.2, 0) is 5.75 Å². The fourth-order valence-electron chi connectivity index (χ4n) is 2.11. The molecule has 1 fully saturated rings. The third-order valence-electron chi connectivity index (χ3n) is 3.13. The van der Waals surface area contributed by atoms with Crippen molar-refractivity contribution in [2.45, 2.75) is 27.0 Å².